The Morgan fingerprint density at radius 1 is 0.962 bits per heavy atom. The topological polar surface area (TPSA) is 181 Å². The van der Waals surface area contributed by atoms with E-state index in [1.165, 1.54) is 0 Å². The zero-order valence-corrected chi connectivity index (χ0v) is 15.5. The van der Waals surface area contributed by atoms with Gasteiger partial charge in [0, 0.05) is 19.5 Å². The van der Waals surface area contributed by atoms with E-state index in [-0.39, 0.29) is 18.3 Å². The normalized spacial score (nSPS) is 11.6. The molecule has 10 nitrogen and oxygen atoms in total. The fourth-order valence-electron chi connectivity index (χ4n) is 2.11. The molecular formula is C16H35N7O3. The average Bonchev–Trinajstić information content (AvgIpc) is 2.59. The van der Waals surface area contributed by atoms with E-state index in [1.54, 1.807) is 0 Å². The Morgan fingerprint density at radius 3 is 2.35 bits per heavy atom. The number of aliphatic hydroxyl groups excluding tert-OH is 1. The van der Waals surface area contributed by atoms with E-state index in [0.717, 1.165) is 45.2 Å². The summed E-state index contributed by atoms with van der Waals surface area (Å²) in [5.41, 5.74) is 15.8. The van der Waals surface area contributed by atoms with Crippen LogP contribution in [0.4, 0.5) is 0 Å². The van der Waals surface area contributed by atoms with Crippen LogP contribution in [0.1, 0.15) is 44.9 Å². The van der Waals surface area contributed by atoms with Crippen LogP contribution in [0.2, 0.25) is 0 Å². The number of nitrogens with two attached hydrogens (primary N) is 3. The Bertz CT molecular complexity index is 415. The third kappa shape index (κ3) is 15.6. The predicted octanol–water partition coefficient (Wildman–Crippen LogP) is -1.91. The van der Waals surface area contributed by atoms with Gasteiger partial charge in [0.1, 0.15) is 0 Å². The Hall–Kier alpha value is -1.91. The van der Waals surface area contributed by atoms with Crippen molar-refractivity contribution in [2.24, 2.45) is 22.2 Å². The highest BCUT2D eigenvalue weighted by molar-refractivity contribution is 5.86. The molecule has 0 aromatic heterocycles. The molecule has 0 heterocycles. The van der Waals surface area contributed by atoms with Crippen molar-refractivity contribution in [3.63, 3.8) is 0 Å². The second-order valence-corrected chi connectivity index (χ2v) is 5.98. The molecule has 0 fully saturated rings. The summed E-state index contributed by atoms with van der Waals surface area (Å²) in [6.45, 7) is 3.40. The standard InChI is InChI=1S/C16H35N7O3/c17-8-6-10-20-9-4-5-11-21-14(25)15(26)23-13(24)7-2-1-3-12-22-16(18)19/h15,20,26H,1-12,17H2,(H,21,25)(H,23,24)(H4,18,19,22). The lowest BCUT2D eigenvalue weighted by Crippen LogP contribution is -2.46. The lowest BCUT2D eigenvalue weighted by Gasteiger charge is -2.13. The molecule has 0 radical (unpaired) electrons. The van der Waals surface area contributed by atoms with Gasteiger partial charge in [-0.15, -0.1) is 0 Å². The Kier molecular flexibility index (Phi) is 15.3. The number of hydrogen-bond donors (Lipinski definition) is 7. The van der Waals surface area contributed by atoms with E-state index >= 15 is 0 Å². The molecule has 0 spiro atoms. The largest absolute Gasteiger partial charge is 0.370 e. The predicted molar refractivity (Wildman–Crippen MR) is 102 cm³/mol. The molecule has 0 aliphatic carbocycles. The number of amides is 2. The van der Waals surface area contributed by atoms with Gasteiger partial charge < -0.3 is 38.3 Å². The number of nitrogens with zero attached hydrogens (tertiary/aromatic N) is 1. The van der Waals surface area contributed by atoms with Crippen LogP contribution < -0.4 is 33.2 Å². The molecule has 0 aromatic rings. The quantitative estimate of drug-likeness (QED) is 0.0713. The molecule has 0 rings (SSSR count). The molecule has 0 bridgehead atoms. The van der Waals surface area contributed by atoms with Crippen molar-refractivity contribution in [3.8, 4) is 0 Å². The number of carbonyl (C=O) groups is 2. The molecule has 0 aromatic carbocycles. The SMILES string of the molecule is NCCCNCCCCNC(=O)C(O)NC(=O)CCCCCN=C(N)N. The van der Waals surface area contributed by atoms with Crippen LogP contribution in [-0.4, -0.2) is 61.8 Å². The molecule has 10 N–H and O–H groups in total. The van der Waals surface area contributed by atoms with E-state index < -0.39 is 12.1 Å². The first kappa shape index (κ1) is 24.1. The van der Waals surface area contributed by atoms with Crippen LogP contribution in [0, 0.1) is 0 Å². The maximum absolute atomic E-state index is 11.7. The van der Waals surface area contributed by atoms with E-state index in [4.69, 9.17) is 17.2 Å². The van der Waals surface area contributed by atoms with Crippen LogP contribution in [0.25, 0.3) is 0 Å². The minimum Gasteiger partial charge on any atom is -0.370 e. The van der Waals surface area contributed by atoms with Crippen LogP contribution in [0.3, 0.4) is 0 Å². The van der Waals surface area contributed by atoms with Crippen molar-refractivity contribution in [2.75, 3.05) is 32.7 Å². The Labute approximate surface area is 155 Å². The minimum absolute atomic E-state index is 0.0553. The third-order valence-electron chi connectivity index (χ3n) is 3.54. The van der Waals surface area contributed by atoms with E-state index in [9.17, 15) is 14.7 Å². The molecule has 152 valence electrons. The van der Waals surface area contributed by atoms with Crippen molar-refractivity contribution in [1.29, 1.82) is 0 Å². The van der Waals surface area contributed by atoms with Crippen molar-refractivity contribution < 1.29 is 14.7 Å². The highest BCUT2D eigenvalue weighted by atomic mass is 16.3. The lowest BCUT2D eigenvalue weighted by atomic mass is 10.2. The zero-order chi connectivity index (χ0) is 19.6. The molecular weight excluding hydrogens is 338 g/mol. The fraction of sp³-hybridized carbons (Fsp3) is 0.812. The molecule has 0 saturated heterocycles. The van der Waals surface area contributed by atoms with Crippen molar-refractivity contribution in [1.82, 2.24) is 16.0 Å². The van der Waals surface area contributed by atoms with Gasteiger partial charge in [0.2, 0.25) is 12.1 Å². The number of aliphatic hydroxyl groups is 1. The summed E-state index contributed by atoms with van der Waals surface area (Å²) in [5.74, 6) is -0.902. The van der Waals surface area contributed by atoms with Gasteiger partial charge in [-0.25, -0.2) is 0 Å². The Morgan fingerprint density at radius 2 is 1.65 bits per heavy atom. The Balaban J connectivity index is 3.61. The van der Waals surface area contributed by atoms with Crippen LogP contribution in [0.15, 0.2) is 4.99 Å². The fourth-order valence-corrected chi connectivity index (χ4v) is 2.11. The third-order valence-corrected chi connectivity index (χ3v) is 3.54. The molecule has 0 saturated carbocycles. The number of rotatable bonds is 16. The van der Waals surface area contributed by atoms with Crippen molar-refractivity contribution in [3.05, 3.63) is 0 Å². The molecule has 26 heavy (non-hydrogen) atoms. The van der Waals surface area contributed by atoms with Gasteiger partial charge >= 0.3 is 0 Å². The van der Waals surface area contributed by atoms with E-state index in [2.05, 4.69) is 20.9 Å². The first-order chi connectivity index (χ1) is 12.5. The second-order valence-electron chi connectivity index (χ2n) is 5.98. The van der Waals surface area contributed by atoms with Crippen LogP contribution in [-0.2, 0) is 9.59 Å². The number of unbranched alkanes of at least 4 members (excludes halogenated alkanes) is 3. The first-order valence-electron chi connectivity index (χ1n) is 9.18. The summed E-state index contributed by atoms with van der Waals surface area (Å²) in [6, 6.07) is 0. The van der Waals surface area contributed by atoms with Gasteiger partial charge in [0.25, 0.3) is 5.91 Å². The van der Waals surface area contributed by atoms with Gasteiger partial charge in [-0.3, -0.25) is 14.6 Å². The summed E-state index contributed by atoms with van der Waals surface area (Å²) >= 11 is 0. The highest BCUT2D eigenvalue weighted by Crippen LogP contribution is 2.00. The summed E-state index contributed by atoms with van der Waals surface area (Å²) in [5, 5.41) is 17.8. The lowest BCUT2D eigenvalue weighted by molar-refractivity contribution is -0.136. The summed E-state index contributed by atoms with van der Waals surface area (Å²) in [7, 11) is 0. The zero-order valence-electron chi connectivity index (χ0n) is 15.5. The van der Waals surface area contributed by atoms with Crippen LogP contribution in [0.5, 0.6) is 0 Å². The first-order valence-corrected chi connectivity index (χ1v) is 9.18. The highest BCUT2D eigenvalue weighted by Gasteiger charge is 2.16. The molecule has 1 atom stereocenters. The van der Waals surface area contributed by atoms with Gasteiger partial charge in [-0.05, 0) is 51.7 Å². The maximum atomic E-state index is 11.7. The molecule has 10 heteroatoms. The summed E-state index contributed by atoms with van der Waals surface area (Å²) in [4.78, 5) is 27.2. The van der Waals surface area contributed by atoms with E-state index in [1.807, 2.05) is 0 Å². The second kappa shape index (κ2) is 16.6. The van der Waals surface area contributed by atoms with Crippen molar-refractivity contribution in [2.45, 2.75) is 51.2 Å². The molecule has 0 aliphatic rings. The monoisotopic (exact) mass is 373 g/mol. The van der Waals surface area contributed by atoms with Gasteiger partial charge in [0.05, 0.1) is 0 Å². The van der Waals surface area contributed by atoms with Gasteiger partial charge in [-0.1, -0.05) is 6.42 Å². The number of guanidine groups is 1. The van der Waals surface area contributed by atoms with Gasteiger partial charge in [-0.2, -0.15) is 0 Å². The number of aliphatic imine (C=N–C) groups is 1. The average molecular weight is 374 g/mol. The van der Waals surface area contributed by atoms with Crippen molar-refractivity contribution >= 4 is 17.8 Å². The van der Waals surface area contributed by atoms with Crippen LogP contribution >= 0.6 is 0 Å². The smallest absolute Gasteiger partial charge is 0.269 e. The summed E-state index contributed by atoms with van der Waals surface area (Å²) < 4.78 is 0. The molecule has 0 aliphatic heterocycles. The number of hydrogen-bond acceptors (Lipinski definition) is 6. The number of nitrogens with one attached hydrogen (secondary N) is 3. The molecule has 2 amide bonds. The minimum atomic E-state index is -1.52. The maximum Gasteiger partial charge on any atom is 0.269 e. The molecule has 1 unspecified atom stereocenters. The summed E-state index contributed by atoms with van der Waals surface area (Å²) in [6.07, 6.45) is 3.55. The number of carbonyl (C=O) groups excluding carboxylic acids is 2. The van der Waals surface area contributed by atoms with Gasteiger partial charge in [0.15, 0.2) is 5.96 Å². The van der Waals surface area contributed by atoms with E-state index in [0.29, 0.717) is 26.1 Å².